The van der Waals surface area contributed by atoms with Crippen molar-refractivity contribution in [3.63, 3.8) is 0 Å². The fourth-order valence-electron chi connectivity index (χ4n) is 5.21. The van der Waals surface area contributed by atoms with E-state index in [0.717, 1.165) is 19.3 Å². The van der Waals surface area contributed by atoms with Gasteiger partial charge in [-0.1, -0.05) is 26.3 Å². The minimum absolute atomic E-state index is 0.0667. The summed E-state index contributed by atoms with van der Waals surface area (Å²) in [6, 6.07) is 0. The van der Waals surface area contributed by atoms with Gasteiger partial charge in [0.2, 0.25) is 0 Å². The number of rotatable bonds is 2. The van der Waals surface area contributed by atoms with Crippen LogP contribution in [0.4, 0.5) is 0 Å². The van der Waals surface area contributed by atoms with Crippen molar-refractivity contribution in [1.82, 2.24) is 0 Å². The number of methoxy groups -OCH3 is 1. The van der Waals surface area contributed by atoms with E-state index in [-0.39, 0.29) is 29.9 Å². The molecule has 3 aliphatic rings. The topological polar surface area (TPSA) is 44.8 Å². The third-order valence-corrected chi connectivity index (χ3v) is 6.33. The first-order chi connectivity index (χ1) is 10.4. The van der Waals surface area contributed by atoms with Crippen molar-refractivity contribution >= 4 is 5.97 Å². The van der Waals surface area contributed by atoms with Crippen LogP contribution in [-0.2, 0) is 19.0 Å². The monoisotopic (exact) mass is 308 g/mol. The molecular formula is C18H28O4. The van der Waals surface area contributed by atoms with E-state index in [1.165, 1.54) is 12.5 Å². The van der Waals surface area contributed by atoms with E-state index in [0.29, 0.717) is 17.8 Å². The highest BCUT2D eigenvalue weighted by atomic mass is 16.7. The molecule has 7 unspecified atom stereocenters. The first-order valence-corrected chi connectivity index (χ1v) is 8.44. The summed E-state index contributed by atoms with van der Waals surface area (Å²) in [4.78, 5) is 11.3. The number of carbonyl (C=O) groups excluding carboxylic acids is 1. The number of hydrogen-bond acceptors (Lipinski definition) is 4. The Labute approximate surface area is 133 Å². The van der Waals surface area contributed by atoms with Crippen molar-refractivity contribution in [2.75, 3.05) is 7.11 Å². The highest BCUT2D eigenvalue weighted by Gasteiger charge is 2.58. The van der Waals surface area contributed by atoms with Crippen molar-refractivity contribution in [3.8, 4) is 0 Å². The fourth-order valence-corrected chi connectivity index (χ4v) is 5.21. The molecule has 124 valence electrons. The number of carbonyl (C=O) groups is 1. The van der Waals surface area contributed by atoms with Gasteiger partial charge in [0.05, 0.1) is 6.10 Å². The average Bonchev–Trinajstić information content (AvgIpc) is 2.77. The highest BCUT2D eigenvalue weighted by molar-refractivity contribution is 5.66. The van der Waals surface area contributed by atoms with Crippen molar-refractivity contribution in [2.45, 2.75) is 65.5 Å². The van der Waals surface area contributed by atoms with Crippen LogP contribution in [0.3, 0.4) is 0 Å². The minimum Gasteiger partial charge on any atom is -0.458 e. The van der Waals surface area contributed by atoms with Crippen molar-refractivity contribution in [1.29, 1.82) is 0 Å². The van der Waals surface area contributed by atoms with Gasteiger partial charge in [-0.05, 0) is 36.7 Å². The van der Waals surface area contributed by atoms with Crippen LogP contribution in [-0.4, -0.2) is 31.6 Å². The van der Waals surface area contributed by atoms with Gasteiger partial charge in [0.1, 0.15) is 6.10 Å². The standard InChI is InChI=1S/C18H28O4/c1-10-8-14(21-12(3)19)9-13-6-7-15-16(18(10,13)4)11(2)17(20-5)22-15/h9-11,14-17H,6-8H2,1-5H3. The third-order valence-electron chi connectivity index (χ3n) is 6.33. The van der Waals surface area contributed by atoms with Crippen LogP contribution in [0.5, 0.6) is 0 Å². The average molecular weight is 308 g/mol. The normalized spacial score (nSPS) is 47.4. The Balaban J connectivity index is 1.92. The molecule has 2 aliphatic carbocycles. The smallest absolute Gasteiger partial charge is 0.303 e. The number of esters is 1. The third kappa shape index (κ3) is 2.31. The molecule has 0 radical (unpaired) electrons. The summed E-state index contributed by atoms with van der Waals surface area (Å²) in [7, 11) is 1.73. The van der Waals surface area contributed by atoms with Crippen LogP contribution in [0.15, 0.2) is 11.6 Å². The molecule has 0 aromatic rings. The zero-order valence-electron chi connectivity index (χ0n) is 14.3. The maximum absolute atomic E-state index is 11.3. The summed E-state index contributed by atoms with van der Waals surface area (Å²) >= 11 is 0. The molecule has 1 saturated heterocycles. The summed E-state index contributed by atoms with van der Waals surface area (Å²) in [6.45, 7) is 8.41. The lowest BCUT2D eigenvalue weighted by Crippen LogP contribution is -2.49. The Morgan fingerprint density at radius 3 is 2.77 bits per heavy atom. The molecule has 0 bridgehead atoms. The summed E-state index contributed by atoms with van der Waals surface area (Å²) in [6.07, 6.45) is 5.30. The molecule has 1 heterocycles. The Bertz CT molecular complexity index is 483. The number of ether oxygens (including phenoxy) is 3. The van der Waals surface area contributed by atoms with E-state index < -0.39 is 0 Å². The second-order valence-corrected chi connectivity index (χ2v) is 7.46. The van der Waals surface area contributed by atoms with Crippen molar-refractivity contribution in [2.24, 2.45) is 23.2 Å². The lowest BCUT2D eigenvalue weighted by Gasteiger charge is -2.52. The maximum Gasteiger partial charge on any atom is 0.303 e. The molecule has 0 amide bonds. The van der Waals surface area contributed by atoms with E-state index in [1.54, 1.807) is 7.11 Å². The van der Waals surface area contributed by atoms with Gasteiger partial charge < -0.3 is 14.2 Å². The maximum atomic E-state index is 11.3. The van der Waals surface area contributed by atoms with Crippen LogP contribution in [0.2, 0.25) is 0 Å². The minimum atomic E-state index is -0.191. The quantitative estimate of drug-likeness (QED) is 0.580. The molecule has 0 aromatic carbocycles. The summed E-state index contributed by atoms with van der Waals surface area (Å²) in [5, 5.41) is 0. The van der Waals surface area contributed by atoms with Crippen molar-refractivity contribution < 1.29 is 19.0 Å². The molecule has 3 rings (SSSR count). The Morgan fingerprint density at radius 2 is 2.14 bits per heavy atom. The zero-order chi connectivity index (χ0) is 16.1. The number of hydrogen-bond donors (Lipinski definition) is 0. The van der Waals surface area contributed by atoms with Gasteiger partial charge in [-0.2, -0.15) is 0 Å². The highest BCUT2D eigenvalue weighted by Crippen LogP contribution is 2.59. The molecule has 2 fully saturated rings. The second kappa shape index (κ2) is 5.64. The fraction of sp³-hybridized carbons (Fsp3) is 0.833. The van der Waals surface area contributed by atoms with Crippen molar-refractivity contribution in [3.05, 3.63) is 11.6 Å². The molecule has 0 aromatic heterocycles. The van der Waals surface area contributed by atoms with E-state index >= 15 is 0 Å². The van der Waals surface area contributed by atoms with Gasteiger partial charge in [0.15, 0.2) is 6.29 Å². The van der Waals surface area contributed by atoms with Crippen LogP contribution in [0.25, 0.3) is 0 Å². The van der Waals surface area contributed by atoms with Gasteiger partial charge in [-0.25, -0.2) is 0 Å². The summed E-state index contributed by atoms with van der Waals surface area (Å²) in [5.41, 5.74) is 1.57. The molecule has 4 heteroatoms. The van der Waals surface area contributed by atoms with Gasteiger partial charge in [-0.3, -0.25) is 4.79 Å². The molecule has 0 spiro atoms. The summed E-state index contributed by atoms with van der Waals surface area (Å²) < 4.78 is 17.1. The van der Waals surface area contributed by atoms with E-state index in [2.05, 4.69) is 26.8 Å². The predicted molar refractivity (Wildman–Crippen MR) is 83.1 cm³/mol. The first-order valence-electron chi connectivity index (χ1n) is 8.44. The molecule has 1 saturated carbocycles. The van der Waals surface area contributed by atoms with Crippen LogP contribution in [0.1, 0.15) is 47.0 Å². The summed E-state index contributed by atoms with van der Waals surface area (Å²) in [5.74, 6) is 1.14. The lowest BCUT2D eigenvalue weighted by molar-refractivity contribution is -0.146. The molecular weight excluding hydrogens is 280 g/mol. The predicted octanol–water partition coefficient (Wildman–Crippen LogP) is 3.31. The largest absolute Gasteiger partial charge is 0.458 e. The van der Waals surface area contributed by atoms with Crippen LogP contribution < -0.4 is 0 Å². The van der Waals surface area contributed by atoms with E-state index in [9.17, 15) is 4.79 Å². The van der Waals surface area contributed by atoms with Gasteiger partial charge >= 0.3 is 5.97 Å². The van der Waals surface area contributed by atoms with Gasteiger partial charge in [0, 0.05) is 25.9 Å². The Kier molecular flexibility index (Phi) is 4.11. The second-order valence-electron chi connectivity index (χ2n) is 7.46. The van der Waals surface area contributed by atoms with Crippen LogP contribution in [0, 0.1) is 23.2 Å². The Hall–Kier alpha value is -0.870. The van der Waals surface area contributed by atoms with Crippen LogP contribution >= 0.6 is 0 Å². The SMILES string of the molecule is COC1OC2CCC3=CC(OC(C)=O)CC(C)C3(C)C2C1C. The number of allylic oxidation sites excluding steroid dienone is 1. The molecule has 1 aliphatic heterocycles. The zero-order valence-corrected chi connectivity index (χ0v) is 14.3. The van der Waals surface area contributed by atoms with Gasteiger partial charge in [-0.15, -0.1) is 0 Å². The van der Waals surface area contributed by atoms with E-state index in [1.807, 2.05) is 0 Å². The number of fused-ring (bicyclic) bond motifs is 3. The van der Waals surface area contributed by atoms with E-state index in [4.69, 9.17) is 14.2 Å². The molecule has 0 N–H and O–H groups in total. The molecule has 22 heavy (non-hydrogen) atoms. The Morgan fingerprint density at radius 1 is 1.41 bits per heavy atom. The van der Waals surface area contributed by atoms with Gasteiger partial charge in [0.25, 0.3) is 0 Å². The first kappa shape index (κ1) is 16.0. The lowest BCUT2D eigenvalue weighted by atomic mass is 9.52. The molecule has 7 atom stereocenters. The molecule has 4 nitrogen and oxygen atoms in total.